The number of hydrogen-bond acceptors (Lipinski definition) is 5. The maximum absolute atomic E-state index is 4.59. The second kappa shape index (κ2) is 7.52. The van der Waals surface area contributed by atoms with Crippen LogP contribution in [0.25, 0.3) is 0 Å². The van der Waals surface area contributed by atoms with Crippen LogP contribution in [-0.2, 0) is 19.6 Å². The third-order valence-corrected chi connectivity index (χ3v) is 6.26. The summed E-state index contributed by atoms with van der Waals surface area (Å²) in [7, 11) is 0. The molecule has 1 saturated heterocycles. The SMILES string of the molecule is CCn1ccnc1CN(Cc1nccs1)C1CC12CCNCC2.Cl. The van der Waals surface area contributed by atoms with E-state index >= 15 is 0 Å². The van der Waals surface area contributed by atoms with Crippen LogP contribution in [0.3, 0.4) is 0 Å². The van der Waals surface area contributed by atoms with Gasteiger partial charge in [0, 0.05) is 36.6 Å². The lowest BCUT2D eigenvalue weighted by atomic mass is 9.93. The maximum atomic E-state index is 4.59. The van der Waals surface area contributed by atoms with Gasteiger partial charge in [-0.05, 0) is 44.7 Å². The number of hydrogen-bond donors (Lipinski definition) is 1. The van der Waals surface area contributed by atoms with Crippen LogP contribution in [-0.4, -0.2) is 38.6 Å². The topological polar surface area (TPSA) is 46.0 Å². The number of nitrogens with one attached hydrogen (secondary N) is 1. The minimum atomic E-state index is 0. The summed E-state index contributed by atoms with van der Waals surface area (Å²) >= 11 is 1.76. The molecule has 1 atom stereocenters. The number of aryl methyl sites for hydroxylation is 1. The summed E-state index contributed by atoms with van der Waals surface area (Å²) < 4.78 is 2.26. The fourth-order valence-corrected chi connectivity index (χ4v) is 4.69. The van der Waals surface area contributed by atoms with Crippen molar-refractivity contribution in [3.63, 3.8) is 0 Å². The quantitative estimate of drug-likeness (QED) is 0.852. The van der Waals surface area contributed by atoms with Gasteiger partial charge in [0.25, 0.3) is 0 Å². The van der Waals surface area contributed by atoms with Crippen LogP contribution in [0.4, 0.5) is 0 Å². The first-order valence-corrected chi connectivity index (χ1v) is 9.52. The summed E-state index contributed by atoms with van der Waals surface area (Å²) in [5.74, 6) is 1.18. The van der Waals surface area contributed by atoms with E-state index < -0.39 is 0 Å². The molecular formula is C17H26ClN5S. The van der Waals surface area contributed by atoms with Crippen molar-refractivity contribution >= 4 is 23.7 Å². The van der Waals surface area contributed by atoms with Gasteiger partial charge < -0.3 is 9.88 Å². The molecule has 132 valence electrons. The Morgan fingerprint density at radius 2 is 2.12 bits per heavy atom. The third kappa shape index (κ3) is 3.52. The molecule has 2 aromatic rings. The van der Waals surface area contributed by atoms with Gasteiger partial charge in [0.1, 0.15) is 10.8 Å². The average Bonchev–Trinajstić information content (AvgIpc) is 2.99. The summed E-state index contributed by atoms with van der Waals surface area (Å²) in [5.41, 5.74) is 0.548. The Morgan fingerprint density at radius 3 is 2.83 bits per heavy atom. The van der Waals surface area contributed by atoms with Gasteiger partial charge in [-0.3, -0.25) is 4.90 Å². The van der Waals surface area contributed by atoms with Crippen molar-refractivity contribution in [2.75, 3.05) is 13.1 Å². The molecule has 5 nitrogen and oxygen atoms in total. The molecule has 0 aromatic carbocycles. The Morgan fingerprint density at radius 1 is 1.29 bits per heavy atom. The van der Waals surface area contributed by atoms with E-state index in [-0.39, 0.29) is 12.4 Å². The highest BCUT2D eigenvalue weighted by Gasteiger charge is 2.56. The molecule has 1 aliphatic heterocycles. The Kier molecular flexibility index (Phi) is 5.59. The molecule has 1 N–H and O–H groups in total. The molecule has 1 spiro atoms. The fraction of sp³-hybridized carbons (Fsp3) is 0.647. The van der Waals surface area contributed by atoms with E-state index in [2.05, 4.69) is 43.3 Å². The number of nitrogens with zero attached hydrogens (tertiary/aromatic N) is 4. The molecule has 24 heavy (non-hydrogen) atoms. The van der Waals surface area contributed by atoms with Crippen LogP contribution < -0.4 is 5.32 Å². The number of imidazole rings is 1. The highest BCUT2D eigenvalue weighted by atomic mass is 35.5. The zero-order valence-electron chi connectivity index (χ0n) is 14.1. The van der Waals surface area contributed by atoms with Crippen molar-refractivity contribution in [2.45, 2.75) is 51.9 Å². The molecule has 3 heterocycles. The van der Waals surface area contributed by atoms with Gasteiger partial charge in [-0.2, -0.15) is 0 Å². The van der Waals surface area contributed by atoms with Gasteiger partial charge >= 0.3 is 0 Å². The molecule has 1 aliphatic carbocycles. The highest BCUT2D eigenvalue weighted by molar-refractivity contribution is 7.09. The normalized spacial score (nSPS) is 21.8. The second-order valence-electron chi connectivity index (χ2n) is 6.79. The average molecular weight is 368 g/mol. The number of piperidine rings is 1. The van der Waals surface area contributed by atoms with E-state index in [1.165, 1.54) is 43.2 Å². The molecule has 4 rings (SSSR count). The Labute approximate surface area is 153 Å². The lowest BCUT2D eigenvalue weighted by molar-refractivity contribution is 0.182. The summed E-state index contributed by atoms with van der Waals surface area (Å²) in [4.78, 5) is 11.7. The molecule has 7 heteroatoms. The van der Waals surface area contributed by atoms with Gasteiger partial charge in [0.15, 0.2) is 0 Å². The zero-order chi connectivity index (χ0) is 15.7. The van der Waals surface area contributed by atoms with Crippen LogP contribution in [0.5, 0.6) is 0 Å². The predicted octanol–water partition coefficient (Wildman–Crippen LogP) is 2.93. The minimum Gasteiger partial charge on any atom is -0.334 e. The first kappa shape index (κ1) is 17.9. The molecule has 0 amide bonds. The monoisotopic (exact) mass is 367 g/mol. The van der Waals surface area contributed by atoms with Gasteiger partial charge in [0.2, 0.25) is 0 Å². The van der Waals surface area contributed by atoms with Crippen LogP contribution in [0, 0.1) is 5.41 Å². The largest absolute Gasteiger partial charge is 0.334 e. The van der Waals surface area contributed by atoms with Crippen LogP contribution in [0.2, 0.25) is 0 Å². The first-order valence-electron chi connectivity index (χ1n) is 8.64. The summed E-state index contributed by atoms with van der Waals surface area (Å²) in [5, 5.41) is 6.80. The molecule has 2 aliphatic rings. The van der Waals surface area contributed by atoms with Gasteiger partial charge in [-0.1, -0.05) is 0 Å². The van der Waals surface area contributed by atoms with Crippen molar-refractivity contribution in [3.8, 4) is 0 Å². The summed E-state index contributed by atoms with van der Waals surface area (Å²) in [6.45, 7) is 7.40. The van der Waals surface area contributed by atoms with Crippen molar-refractivity contribution in [1.82, 2.24) is 24.8 Å². The lowest BCUT2D eigenvalue weighted by Crippen LogP contribution is -2.36. The van der Waals surface area contributed by atoms with Crippen molar-refractivity contribution in [2.24, 2.45) is 5.41 Å². The summed E-state index contributed by atoms with van der Waals surface area (Å²) in [6, 6.07) is 0.690. The third-order valence-electron chi connectivity index (χ3n) is 5.50. The fourth-order valence-electron chi connectivity index (χ4n) is 4.05. The maximum Gasteiger partial charge on any atom is 0.122 e. The highest BCUT2D eigenvalue weighted by Crippen LogP contribution is 2.56. The number of rotatable bonds is 6. The molecular weight excluding hydrogens is 342 g/mol. The van der Waals surface area contributed by atoms with Gasteiger partial charge in [0.05, 0.1) is 13.1 Å². The first-order chi connectivity index (χ1) is 11.3. The predicted molar refractivity (Wildman–Crippen MR) is 99.5 cm³/mol. The smallest absolute Gasteiger partial charge is 0.122 e. The molecule has 2 aromatic heterocycles. The van der Waals surface area contributed by atoms with Gasteiger partial charge in [-0.25, -0.2) is 9.97 Å². The Hall–Kier alpha value is -0.950. The van der Waals surface area contributed by atoms with E-state index in [1.54, 1.807) is 11.3 Å². The Balaban J connectivity index is 0.00000169. The van der Waals surface area contributed by atoms with Crippen molar-refractivity contribution in [3.05, 3.63) is 34.8 Å². The van der Waals surface area contributed by atoms with E-state index in [4.69, 9.17) is 0 Å². The lowest BCUT2D eigenvalue weighted by Gasteiger charge is -2.29. The van der Waals surface area contributed by atoms with Crippen molar-refractivity contribution < 1.29 is 0 Å². The molecule has 1 unspecified atom stereocenters. The molecule has 1 saturated carbocycles. The van der Waals surface area contributed by atoms with Crippen LogP contribution in [0.15, 0.2) is 24.0 Å². The van der Waals surface area contributed by atoms with Gasteiger partial charge in [-0.15, -0.1) is 23.7 Å². The second-order valence-corrected chi connectivity index (χ2v) is 7.77. The number of thiazole rings is 1. The minimum absolute atomic E-state index is 0. The van der Waals surface area contributed by atoms with E-state index in [0.717, 1.165) is 19.6 Å². The van der Waals surface area contributed by atoms with Crippen LogP contribution in [0.1, 0.15) is 37.0 Å². The van der Waals surface area contributed by atoms with Crippen molar-refractivity contribution in [1.29, 1.82) is 0 Å². The number of halogens is 1. The van der Waals surface area contributed by atoms with Crippen LogP contribution >= 0.6 is 23.7 Å². The standard InChI is InChI=1S/C17H25N5S.ClH/c1-2-21-9-7-19-15(21)12-22(13-16-20-8-10-23-16)14-11-17(14)3-5-18-6-4-17;/h7-10,14,18H,2-6,11-13H2,1H3;1H. The van der Waals surface area contributed by atoms with E-state index in [0.29, 0.717) is 11.5 Å². The molecule has 2 fully saturated rings. The molecule has 0 bridgehead atoms. The summed E-state index contributed by atoms with van der Waals surface area (Å²) in [6.07, 6.45) is 9.89. The van der Waals surface area contributed by atoms with E-state index in [1.807, 2.05) is 12.4 Å². The Bertz CT molecular complexity index is 635. The van der Waals surface area contributed by atoms with E-state index in [9.17, 15) is 0 Å². The number of aromatic nitrogens is 3. The zero-order valence-corrected chi connectivity index (χ0v) is 15.8. The molecule has 0 radical (unpaired) electrons.